The summed E-state index contributed by atoms with van der Waals surface area (Å²) < 4.78 is 11.1. The maximum absolute atomic E-state index is 12.1. The summed E-state index contributed by atoms with van der Waals surface area (Å²) in [5.74, 6) is 0.532. The first-order chi connectivity index (χ1) is 10.2. The second-order valence-corrected chi connectivity index (χ2v) is 5.37. The van der Waals surface area contributed by atoms with Crippen LogP contribution in [0.3, 0.4) is 0 Å². The van der Waals surface area contributed by atoms with Crippen LogP contribution in [0.15, 0.2) is 18.2 Å². The molecule has 0 spiro atoms. The van der Waals surface area contributed by atoms with Gasteiger partial charge in [0.2, 0.25) is 5.91 Å². The highest BCUT2D eigenvalue weighted by atomic mass is 35.5. The maximum atomic E-state index is 12.1. The monoisotopic (exact) mass is 312 g/mol. The summed E-state index contributed by atoms with van der Waals surface area (Å²) in [5.41, 5.74) is 0.602. The fraction of sp³-hybridized carbons (Fsp3) is 0.533. The van der Waals surface area contributed by atoms with Crippen LogP contribution in [-0.2, 0) is 9.53 Å². The Labute approximate surface area is 130 Å². The Balaban J connectivity index is 1.96. The van der Waals surface area contributed by atoms with Gasteiger partial charge in [0.1, 0.15) is 5.75 Å². The number of anilines is 1. The molecule has 6 heteroatoms. The molecule has 2 N–H and O–H groups in total. The molecule has 0 aromatic heterocycles. The Kier molecular flexibility index (Phi) is 6.29. The van der Waals surface area contributed by atoms with E-state index in [-0.39, 0.29) is 12.0 Å². The van der Waals surface area contributed by atoms with Crippen LogP contribution in [0.1, 0.15) is 19.8 Å². The molecule has 1 aromatic rings. The lowest BCUT2D eigenvalue weighted by Gasteiger charge is -2.23. The van der Waals surface area contributed by atoms with Crippen molar-refractivity contribution >= 4 is 23.2 Å². The van der Waals surface area contributed by atoms with Gasteiger partial charge < -0.3 is 20.1 Å². The third-order valence-electron chi connectivity index (χ3n) is 3.09. The van der Waals surface area contributed by atoms with Crippen LogP contribution in [0.2, 0.25) is 5.02 Å². The maximum Gasteiger partial charge on any atom is 0.227 e. The number of ether oxygens (including phenoxy) is 2. The molecule has 1 aliphatic rings. The number of carbonyl (C=O) groups excluding carboxylic acids is 1. The summed E-state index contributed by atoms with van der Waals surface area (Å²) in [6.45, 7) is 4.80. The molecule has 1 heterocycles. The minimum absolute atomic E-state index is 0.0852. The summed E-state index contributed by atoms with van der Waals surface area (Å²) >= 11 is 5.98. The zero-order valence-corrected chi connectivity index (χ0v) is 12.9. The summed E-state index contributed by atoms with van der Waals surface area (Å²) in [6.07, 6.45) is 1.13. The van der Waals surface area contributed by atoms with E-state index in [1.165, 1.54) is 0 Å². The van der Waals surface area contributed by atoms with E-state index in [0.29, 0.717) is 42.6 Å². The van der Waals surface area contributed by atoms with Crippen LogP contribution in [0.4, 0.5) is 5.69 Å². The van der Waals surface area contributed by atoms with E-state index >= 15 is 0 Å². The zero-order valence-electron chi connectivity index (χ0n) is 12.2. The third-order valence-corrected chi connectivity index (χ3v) is 3.33. The van der Waals surface area contributed by atoms with Gasteiger partial charge in [-0.1, -0.05) is 18.5 Å². The lowest BCUT2D eigenvalue weighted by molar-refractivity contribution is -0.119. The van der Waals surface area contributed by atoms with Gasteiger partial charge in [-0.05, 0) is 24.6 Å². The van der Waals surface area contributed by atoms with E-state index in [2.05, 4.69) is 10.6 Å². The first-order valence-corrected chi connectivity index (χ1v) is 7.61. The lowest BCUT2D eigenvalue weighted by atomic mass is 10.2. The van der Waals surface area contributed by atoms with Gasteiger partial charge in [-0.2, -0.15) is 0 Å². The van der Waals surface area contributed by atoms with Crippen LogP contribution in [-0.4, -0.2) is 38.3 Å². The van der Waals surface area contributed by atoms with Gasteiger partial charge in [-0.25, -0.2) is 0 Å². The van der Waals surface area contributed by atoms with Crippen LogP contribution in [0.5, 0.6) is 5.75 Å². The first-order valence-electron chi connectivity index (χ1n) is 7.23. The van der Waals surface area contributed by atoms with E-state index in [4.69, 9.17) is 21.1 Å². The lowest BCUT2D eigenvalue weighted by Crippen LogP contribution is -2.40. The van der Waals surface area contributed by atoms with E-state index < -0.39 is 0 Å². The SMILES string of the molecule is CCCOc1ccc(Cl)cc1NC(=O)CC1CNCCO1. The highest BCUT2D eigenvalue weighted by Gasteiger charge is 2.18. The number of carbonyl (C=O) groups is 1. The smallest absolute Gasteiger partial charge is 0.227 e. The number of rotatable bonds is 6. The molecule has 1 aliphatic heterocycles. The van der Waals surface area contributed by atoms with E-state index in [9.17, 15) is 4.79 Å². The van der Waals surface area contributed by atoms with Gasteiger partial charge >= 0.3 is 0 Å². The van der Waals surface area contributed by atoms with Gasteiger partial charge in [0, 0.05) is 18.1 Å². The van der Waals surface area contributed by atoms with Gasteiger partial charge in [0.25, 0.3) is 0 Å². The molecule has 2 rings (SSSR count). The van der Waals surface area contributed by atoms with Crippen molar-refractivity contribution in [2.24, 2.45) is 0 Å². The van der Waals surface area contributed by atoms with E-state index in [1.54, 1.807) is 18.2 Å². The van der Waals surface area contributed by atoms with Crippen molar-refractivity contribution in [3.63, 3.8) is 0 Å². The predicted octanol–water partition coefficient (Wildman–Crippen LogP) is 2.45. The number of hydrogen-bond acceptors (Lipinski definition) is 4. The molecular formula is C15H21ClN2O3. The number of benzene rings is 1. The number of hydrogen-bond donors (Lipinski definition) is 2. The van der Waals surface area contributed by atoms with Gasteiger partial charge in [0.15, 0.2) is 0 Å². The molecule has 5 nitrogen and oxygen atoms in total. The van der Waals surface area contributed by atoms with Crippen molar-refractivity contribution in [3.8, 4) is 5.75 Å². The topological polar surface area (TPSA) is 59.6 Å². The van der Waals surface area contributed by atoms with Crippen molar-refractivity contribution in [3.05, 3.63) is 23.2 Å². The molecule has 1 atom stereocenters. The molecule has 1 unspecified atom stereocenters. The van der Waals surface area contributed by atoms with Crippen LogP contribution in [0, 0.1) is 0 Å². The summed E-state index contributed by atoms with van der Waals surface area (Å²) in [4.78, 5) is 12.1. The Morgan fingerprint density at radius 2 is 2.43 bits per heavy atom. The molecule has 0 aliphatic carbocycles. The fourth-order valence-corrected chi connectivity index (χ4v) is 2.27. The van der Waals surface area contributed by atoms with Crippen molar-refractivity contribution in [2.45, 2.75) is 25.9 Å². The molecule has 1 fully saturated rings. The van der Waals surface area contributed by atoms with E-state index in [0.717, 1.165) is 13.0 Å². The summed E-state index contributed by atoms with van der Waals surface area (Å²) in [7, 11) is 0. The highest BCUT2D eigenvalue weighted by Crippen LogP contribution is 2.28. The average Bonchev–Trinajstić information content (AvgIpc) is 2.47. The Bertz CT molecular complexity index is 476. The fourth-order valence-electron chi connectivity index (χ4n) is 2.10. The number of morpholine rings is 1. The predicted molar refractivity (Wildman–Crippen MR) is 83.1 cm³/mol. The first kappa shape index (κ1) is 16.1. The number of amides is 1. The molecule has 1 saturated heterocycles. The third kappa shape index (κ3) is 5.19. The standard InChI is InChI=1S/C15H21ClN2O3/c1-2-6-21-14-4-3-11(16)8-13(14)18-15(19)9-12-10-17-5-7-20-12/h3-4,8,12,17H,2,5-7,9-10H2,1H3,(H,18,19). The van der Waals surface area contributed by atoms with Crippen LogP contribution < -0.4 is 15.4 Å². The average molecular weight is 313 g/mol. The van der Waals surface area contributed by atoms with Crippen LogP contribution >= 0.6 is 11.6 Å². The van der Waals surface area contributed by atoms with Crippen molar-refractivity contribution in [1.29, 1.82) is 0 Å². The van der Waals surface area contributed by atoms with Crippen molar-refractivity contribution in [2.75, 3.05) is 31.6 Å². The highest BCUT2D eigenvalue weighted by molar-refractivity contribution is 6.31. The summed E-state index contributed by atoms with van der Waals surface area (Å²) in [6, 6.07) is 5.22. The Hall–Kier alpha value is -1.30. The minimum Gasteiger partial charge on any atom is -0.491 e. The Morgan fingerprint density at radius 3 is 3.14 bits per heavy atom. The van der Waals surface area contributed by atoms with Gasteiger partial charge in [-0.3, -0.25) is 4.79 Å². The molecule has 1 aromatic carbocycles. The van der Waals surface area contributed by atoms with Crippen molar-refractivity contribution < 1.29 is 14.3 Å². The Morgan fingerprint density at radius 1 is 1.57 bits per heavy atom. The number of halogens is 1. The molecular weight excluding hydrogens is 292 g/mol. The molecule has 0 saturated carbocycles. The largest absolute Gasteiger partial charge is 0.491 e. The molecule has 116 valence electrons. The second-order valence-electron chi connectivity index (χ2n) is 4.94. The summed E-state index contributed by atoms with van der Waals surface area (Å²) in [5, 5.41) is 6.61. The molecule has 0 radical (unpaired) electrons. The van der Waals surface area contributed by atoms with Crippen LogP contribution in [0.25, 0.3) is 0 Å². The van der Waals surface area contributed by atoms with E-state index in [1.807, 2.05) is 6.92 Å². The minimum atomic E-state index is -0.104. The molecule has 0 bridgehead atoms. The normalized spacial score (nSPS) is 18.3. The van der Waals surface area contributed by atoms with Gasteiger partial charge in [-0.15, -0.1) is 0 Å². The molecule has 21 heavy (non-hydrogen) atoms. The molecule has 1 amide bonds. The van der Waals surface area contributed by atoms with Gasteiger partial charge in [0.05, 0.1) is 31.4 Å². The number of nitrogens with one attached hydrogen (secondary N) is 2. The quantitative estimate of drug-likeness (QED) is 0.847. The second kappa shape index (κ2) is 8.22. The van der Waals surface area contributed by atoms with Crippen molar-refractivity contribution in [1.82, 2.24) is 5.32 Å². The zero-order chi connectivity index (χ0) is 15.1.